The molecule has 4 rings (SSSR count). The van der Waals surface area contributed by atoms with Crippen LogP contribution in [0, 0.1) is 12.7 Å². The molecule has 0 spiro atoms. The number of aryl methyl sites for hydroxylation is 1. The fourth-order valence-corrected chi connectivity index (χ4v) is 4.13. The Morgan fingerprint density at radius 3 is 2.89 bits per heavy atom. The molecule has 2 N–H and O–H groups in total. The van der Waals surface area contributed by atoms with Gasteiger partial charge in [-0.15, -0.1) is 0 Å². The molecule has 1 fully saturated rings. The third-order valence-electron chi connectivity index (χ3n) is 5.62. The van der Waals surface area contributed by atoms with Crippen molar-refractivity contribution in [3.05, 3.63) is 46.5 Å². The molecule has 1 aliphatic heterocycles. The van der Waals surface area contributed by atoms with E-state index in [0.717, 1.165) is 75.2 Å². The molecule has 2 aromatic rings. The minimum atomic E-state index is -0.305. The van der Waals surface area contributed by atoms with E-state index in [9.17, 15) is 9.18 Å². The second-order valence-electron chi connectivity index (χ2n) is 7.70. The number of hydrogen-bond acceptors (Lipinski definition) is 4. The Labute approximate surface area is 165 Å². The number of carbonyl (C=O) groups is 1. The van der Waals surface area contributed by atoms with Crippen molar-refractivity contribution < 1.29 is 9.18 Å². The van der Waals surface area contributed by atoms with E-state index in [2.05, 4.69) is 20.6 Å². The van der Waals surface area contributed by atoms with Gasteiger partial charge >= 0.3 is 0 Å². The number of nitrogens with zero attached hydrogens (tertiary/aromatic N) is 3. The first-order chi connectivity index (χ1) is 13.6. The number of amides is 1. The second-order valence-corrected chi connectivity index (χ2v) is 7.70. The van der Waals surface area contributed by atoms with E-state index in [-0.39, 0.29) is 11.7 Å². The number of halogens is 1. The summed E-state index contributed by atoms with van der Waals surface area (Å²) in [7, 11) is 0. The highest BCUT2D eigenvalue weighted by atomic mass is 19.1. The first-order valence-corrected chi connectivity index (χ1v) is 10.2. The Morgan fingerprint density at radius 1 is 1.29 bits per heavy atom. The minimum Gasteiger partial charge on any atom is -0.351 e. The third-order valence-corrected chi connectivity index (χ3v) is 5.62. The largest absolute Gasteiger partial charge is 0.351 e. The smallest absolute Gasteiger partial charge is 0.272 e. The Morgan fingerprint density at radius 2 is 2.11 bits per heavy atom. The summed E-state index contributed by atoms with van der Waals surface area (Å²) in [4.78, 5) is 15.1. The number of carbonyl (C=O) groups excluding carboxylic acids is 1. The zero-order valence-corrected chi connectivity index (χ0v) is 16.4. The van der Waals surface area contributed by atoms with Crippen LogP contribution in [0.25, 0.3) is 5.69 Å². The molecule has 0 unspecified atom stereocenters. The second kappa shape index (κ2) is 8.41. The fourth-order valence-electron chi connectivity index (χ4n) is 4.13. The van der Waals surface area contributed by atoms with Gasteiger partial charge in [-0.05, 0) is 56.8 Å². The van der Waals surface area contributed by atoms with E-state index >= 15 is 0 Å². The minimum absolute atomic E-state index is 0.148. The van der Waals surface area contributed by atoms with Crippen molar-refractivity contribution in [3.8, 4) is 5.69 Å². The summed E-state index contributed by atoms with van der Waals surface area (Å²) in [5.41, 5.74) is 3.68. The summed E-state index contributed by atoms with van der Waals surface area (Å²) in [6.45, 7) is 7.67. The molecule has 0 radical (unpaired) electrons. The molecular formula is C21H28FN5O. The van der Waals surface area contributed by atoms with Crippen molar-refractivity contribution in [2.75, 3.05) is 39.3 Å². The van der Waals surface area contributed by atoms with E-state index in [1.54, 1.807) is 10.7 Å². The van der Waals surface area contributed by atoms with Gasteiger partial charge < -0.3 is 15.5 Å². The highest BCUT2D eigenvalue weighted by molar-refractivity contribution is 5.94. The molecule has 0 bridgehead atoms. The molecule has 0 atom stereocenters. The standard InChI is InChI=1S/C21H28FN5O/c1-15-6-7-19(17(22)14-15)27-18-5-2-4-16(18)20(25-27)21(28)24-8-3-11-26-12-9-23-10-13-26/h6-7,14,23H,2-5,8-13H2,1H3,(H,24,28). The van der Waals surface area contributed by atoms with Crippen LogP contribution < -0.4 is 10.6 Å². The summed E-state index contributed by atoms with van der Waals surface area (Å²) >= 11 is 0. The maximum atomic E-state index is 14.5. The van der Waals surface area contributed by atoms with Crippen molar-refractivity contribution in [1.82, 2.24) is 25.3 Å². The number of rotatable bonds is 6. The molecular weight excluding hydrogens is 357 g/mol. The number of aromatic nitrogens is 2. The molecule has 1 amide bonds. The van der Waals surface area contributed by atoms with Gasteiger partial charge in [0.15, 0.2) is 5.69 Å². The van der Waals surface area contributed by atoms with Gasteiger partial charge in [-0.25, -0.2) is 9.07 Å². The lowest BCUT2D eigenvalue weighted by Gasteiger charge is -2.27. The number of fused-ring (bicyclic) bond motifs is 1. The quantitative estimate of drug-likeness (QED) is 0.745. The van der Waals surface area contributed by atoms with Crippen LogP contribution in [0.5, 0.6) is 0 Å². The SMILES string of the molecule is Cc1ccc(-n2nc(C(=O)NCCCN3CCNCC3)c3c2CCC3)c(F)c1. The van der Waals surface area contributed by atoms with E-state index in [1.807, 2.05) is 13.0 Å². The number of nitrogens with one attached hydrogen (secondary N) is 2. The Kier molecular flexibility index (Phi) is 5.73. The van der Waals surface area contributed by atoms with Crippen LogP contribution in [-0.4, -0.2) is 59.9 Å². The van der Waals surface area contributed by atoms with Gasteiger partial charge in [-0.1, -0.05) is 6.07 Å². The first-order valence-electron chi connectivity index (χ1n) is 10.2. The van der Waals surface area contributed by atoms with Gasteiger partial charge in [0, 0.05) is 44.0 Å². The van der Waals surface area contributed by atoms with Gasteiger partial charge in [-0.3, -0.25) is 4.79 Å². The summed E-state index contributed by atoms with van der Waals surface area (Å²) in [6.07, 6.45) is 3.55. The van der Waals surface area contributed by atoms with E-state index in [4.69, 9.17) is 0 Å². The van der Waals surface area contributed by atoms with Crippen molar-refractivity contribution in [2.24, 2.45) is 0 Å². The van der Waals surface area contributed by atoms with Gasteiger partial charge in [0.05, 0.1) is 0 Å². The average Bonchev–Trinajstić information content (AvgIpc) is 3.29. The highest BCUT2D eigenvalue weighted by Gasteiger charge is 2.27. The topological polar surface area (TPSA) is 62.2 Å². The molecule has 1 saturated heterocycles. The van der Waals surface area contributed by atoms with Gasteiger partial charge in [-0.2, -0.15) is 5.10 Å². The predicted octanol–water partition coefficient (Wildman–Crippen LogP) is 1.83. The lowest BCUT2D eigenvalue weighted by Crippen LogP contribution is -2.44. The van der Waals surface area contributed by atoms with E-state index in [1.165, 1.54) is 6.07 Å². The normalized spacial score (nSPS) is 16.9. The highest BCUT2D eigenvalue weighted by Crippen LogP contribution is 2.28. The molecule has 150 valence electrons. The van der Waals surface area contributed by atoms with E-state index < -0.39 is 0 Å². The molecule has 1 aromatic carbocycles. The third kappa shape index (κ3) is 3.95. The van der Waals surface area contributed by atoms with Crippen LogP contribution in [0.4, 0.5) is 4.39 Å². The maximum absolute atomic E-state index is 14.5. The van der Waals surface area contributed by atoms with Crippen molar-refractivity contribution in [2.45, 2.75) is 32.6 Å². The Hall–Kier alpha value is -2.25. The first kappa shape index (κ1) is 19.1. The van der Waals surface area contributed by atoms with Crippen molar-refractivity contribution >= 4 is 5.91 Å². The van der Waals surface area contributed by atoms with Crippen LogP contribution in [0.15, 0.2) is 18.2 Å². The average molecular weight is 385 g/mol. The van der Waals surface area contributed by atoms with Crippen LogP contribution >= 0.6 is 0 Å². The number of benzene rings is 1. The summed E-state index contributed by atoms with van der Waals surface area (Å²) in [6, 6.07) is 5.12. The van der Waals surface area contributed by atoms with Crippen molar-refractivity contribution in [1.29, 1.82) is 0 Å². The number of hydrogen-bond donors (Lipinski definition) is 2. The Balaban J connectivity index is 1.43. The molecule has 1 aromatic heterocycles. The Bertz CT molecular complexity index is 857. The zero-order valence-electron chi connectivity index (χ0n) is 16.4. The lowest BCUT2D eigenvalue weighted by atomic mass is 10.2. The molecule has 2 aliphatic rings. The van der Waals surface area contributed by atoms with E-state index in [0.29, 0.717) is 17.9 Å². The maximum Gasteiger partial charge on any atom is 0.272 e. The van der Waals surface area contributed by atoms with Crippen LogP contribution in [-0.2, 0) is 12.8 Å². The number of piperazine rings is 1. The summed E-state index contributed by atoms with van der Waals surface area (Å²) in [5, 5.41) is 10.9. The molecule has 6 nitrogen and oxygen atoms in total. The summed E-state index contributed by atoms with van der Waals surface area (Å²) < 4.78 is 16.1. The van der Waals surface area contributed by atoms with Crippen molar-refractivity contribution in [3.63, 3.8) is 0 Å². The van der Waals surface area contributed by atoms with Crippen LogP contribution in [0.1, 0.15) is 40.2 Å². The van der Waals surface area contributed by atoms with Gasteiger partial charge in [0.1, 0.15) is 11.5 Å². The van der Waals surface area contributed by atoms with Gasteiger partial charge in [0.2, 0.25) is 0 Å². The molecule has 0 saturated carbocycles. The molecule has 2 heterocycles. The summed E-state index contributed by atoms with van der Waals surface area (Å²) in [5.74, 6) is -0.454. The molecule has 28 heavy (non-hydrogen) atoms. The van der Waals surface area contributed by atoms with Gasteiger partial charge in [0.25, 0.3) is 5.91 Å². The van der Waals surface area contributed by atoms with Crippen LogP contribution in [0.3, 0.4) is 0 Å². The lowest BCUT2D eigenvalue weighted by molar-refractivity contribution is 0.0945. The molecule has 1 aliphatic carbocycles. The monoisotopic (exact) mass is 385 g/mol. The molecule has 7 heteroatoms. The van der Waals surface area contributed by atoms with Crippen LogP contribution in [0.2, 0.25) is 0 Å². The fraction of sp³-hybridized carbons (Fsp3) is 0.524. The predicted molar refractivity (Wildman–Crippen MR) is 107 cm³/mol. The zero-order chi connectivity index (χ0) is 19.5.